The van der Waals surface area contributed by atoms with Crippen molar-refractivity contribution >= 4 is 166 Å². The van der Waals surface area contributed by atoms with Crippen LogP contribution < -0.4 is 130 Å². The molecule has 0 saturated heterocycles. The number of rotatable bonds is 31. The Morgan fingerprint density at radius 1 is 0.456 bits per heavy atom. The molecule has 16 amide bonds. The first-order valence-corrected chi connectivity index (χ1v) is 46.8. The first-order chi connectivity index (χ1) is 64.3. The van der Waals surface area contributed by atoms with Gasteiger partial charge in [0.1, 0.15) is 96.9 Å². The van der Waals surface area contributed by atoms with Gasteiger partial charge < -0.3 is 160 Å². The molecular weight excluding hydrogens is 1850 g/mol. The molecule has 4 bridgehead atoms. The van der Waals surface area contributed by atoms with Crippen molar-refractivity contribution in [2.45, 2.75) is 219 Å². The van der Waals surface area contributed by atoms with Crippen LogP contribution in [-0.2, 0) is 115 Å². The van der Waals surface area contributed by atoms with E-state index in [1.54, 1.807) is 18.2 Å². The largest absolute Gasteiger partial charge is 0.508 e. The number of aromatic hydroxyl groups is 1. The fourth-order valence-electron chi connectivity index (χ4n) is 13.1. The molecule has 0 fully saturated rings. The van der Waals surface area contributed by atoms with Crippen molar-refractivity contribution in [2.24, 2.45) is 34.6 Å². The molecule has 754 valence electrons. The van der Waals surface area contributed by atoms with Crippen molar-refractivity contribution < 1.29 is 122 Å². The molecule has 0 unspecified atom stereocenters. The number of nitrogens with two attached hydrogens (primary N) is 5. The first-order valence-electron chi connectivity index (χ1n) is 43.3. The van der Waals surface area contributed by atoms with Gasteiger partial charge in [-0.3, -0.25) is 107 Å². The third-order valence-corrected chi connectivity index (χ3v) is 23.6. The summed E-state index contributed by atoms with van der Waals surface area (Å²) in [5, 5.41) is 131. The number of carbonyl (C=O) groups is 19. The van der Waals surface area contributed by atoms with E-state index in [1.165, 1.54) is 52.0 Å². The normalized spacial score (nSPS) is 23.6. The van der Waals surface area contributed by atoms with Gasteiger partial charge in [-0.05, 0) is 125 Å². The van der Waals surface area contributed by atoms with Crippen molar-refractivity contribution in [3.63, 3.8) is 0 Å². The number of carboxylic acids is 3. The SMILES string of the molecule is CC(C)[C@@H]1NC(=O)[C@H](CCC(=O)O)NC(=O)[C@H](Cc2ccc(O)cc2)NC(=O)[C@H](CCCNC(=N)N)NC(=O)[C@H](CO)NC(=O)[C@@H](NC(=O)[C@H](C)N)CSCc2cc3cc(c2)CSC[C@H](NC(=O)[C@H](CC(=O)O)NC1=O)C(=O)N[C@@H](CCCNC(=N)N)C(=O)NCC(=O)N[C@@H](CCCNC(=N)N)C(=O)N[C@H](CCCCN)C(=O)N[C@@H](CO)C(=O)N[C@@H](C)C(=O)N[C@H](C(=O)NCC(=O)O)CSC3. The minimum atomic E-state index is -2.19. The highest BCUT2D eigenvalue weighted by atomic mass is 32.2. The molecule has 0 saturated carbocycles. The number of aliphatic hydroxyl groups excluding tert-OH is 2. The molecular formula is C81H127N27O25S3. The Bertz CT molecular complexity index is 4520. The number of phenols is 1. The lowest BCUT2D eigenvalue weighted by molar-refractivity contribution is -0.142. The number of guanidine groups is 3. The zero-order chi connectivity index (χ0) is 101. The Kier molecular flexibility index (Phi) is 51.0. The van der Waals surface area contributed by atoms with Gasteiger partial charge >= 0.3 is 17.9 Å². The second-order valence-electron chi connectivity index (χ2n) is 32.1. The zero-order valence-corrected chi connectivity index (χ0v) is 77.9. The van der Waals surface area contributed by atoms with E-state index in [9.17, 15) is 112 Å². The van der Waals surface area contributed by atoms with E-state index in [-0.39, 0.29) is 124 Å². The molecule has 0 aromatic heterocycles. The Morgan fingerprint density at radius 3 is 1.37 bits per heavy atom. The summed E-state index contributed by atoms with van der Waals surface area (Å²) < 4.78 is 0. The number of unbranched alkanes of at least 4 members (excludes halogenated alkanes) is 1. The van der Waals surface area contributed by atoms with E-state index in [0.29, 0.717) is 16.7 Å². The standard InChI is InChI=1S/C81H127N27O25S3/c1-39(2)63-78(133)102-53(28-61(115)116)73(128)107-58-38-136-35-45-25-43(24-44(26-45)34-135-37-57(105-64(119)40(3)83)77(132)104-55(32-110)75(130)99-50(13-9-23-92-81(88)89)69(124)101-52(27-42-14-16-46(111)17-15-42)72(127)100-51(71(126)108-63)18-19-60(113)114)33-134-36-56(67(122)94-30-62(117)118)106-65(120)41(4)95-74(129)54(31-109)103-70(125)49(10-5-6-20-82)98-68(123)48(12-8-22-91-80(86)87)96-59(112)29-93-66(121)47(97-76(58)131)11-7-21-90-79(84)85/h14-17,24-26,39-41,47-58,63,109-111H,5-13,18-23,27-38,82-83H2,1-4H3,(H,93,121)(H,94,122)(H,95,129)(H,96,112)(H,97,131)(H,98,123)(H,99,130)(H,100,127)(H,101,124)(H,102,133)(H,103,125)(H,104,132)(H,105,119)(H,106,120)(H,107,128)(H,108,126)(H,113,114)(H,115,116)(H,117,118)(H4,84,85,90)(H4,86,87,91)(H4,88,89,92)/t40-,41-,47-,48-,49+,50-,51-,52-,53-,54-,55-,56-,57-,58-,63-/m0/s1. The predicted molar refractivity (Wildman–Crippen MR) is 495 cm³/mol. The summed E-state index contributed by atoms with van der Waals surface area (Å²) in [5.41, 5.74) is 29.8. The molecule has 2 aromatic carbocycles. The summed E-state index contributed by atoms with van der Waals surface area (Å²) in [6.45, 7) is 0.867. The molecule has 2 aliphatic heterocycles. The predicted octanol–water partition coefficient (Wildman–Crippen LogP) is -10.3. The van der Waals surface area contributed by atoms with Gasteiger partial charge in [-0.15, -0.1) is 0 Å². The maximum Gasteiger partial charge on any atom is 0.322 e. The van der Waals surface area contributed by atoms with Crippen molar-refractivity contribution in [3.8, 4) is 5.75 Å². The number of hydrogen-bond donors (Lipinski definition) is 33. The number of aliphatic carboxylic acids is 3. The molecule has 0 spiro atoms. The zero-order valence-electron chi connectivity index (χ0n) is 75.4. The van der Waals surface area contributed by atoms with Gasteiger partial charge in [-0.25, -0.2) is 0 Å². The number of hydrogen-bond acceptors (Lipinski definition) is 30. The molecule has 2 heterocycles. The van der Waals surface area contributed by atoms with Crippen LogP contribution in [0.15, 0.2) is 42.5 Å². The number of benzene rings is 2. The molecule has 15 atom stereocenters. The van der Waals surface area contributed by atoms with Gasteiger partial charge in [0.2, 0.25) is 94.5 Å². The summed E-state index contributed by atoms with van der Waals surface area (Å²) in [6, 6.07) is -16.0. The average Bonchev–Trinajstić information content (AvgIpc) is 0.888. The quantitative estimate of drug-likeness (QED) is 0.0189. The van der Waals surface area contributed by atoms with E-state index < -0.39 is 285 Å². The summed E-state index contributed by atoms with van der Waals surface area (Å²) in [5.74, 6) is -27.4. The van der Waals surface area contributed by atoms with Crippen LogP contribution in [0.4, 0.5) is 0 Å². The third kappa shape index (κ3) is 43.5. The van der Waals surface area contributed by atoms with Crippen LogP contribution in [0.1, 0.15) is 127 Å². The monoisotopic (exact) mass is 1970 g/mol. The van der Waals surface area contributed by atoms with Crippen LogP contribution in [0.25, 0.3) is 0 Å². The summed E-state index contributed by atoms with van der Waals surface area (Å²) in [6.07, 6.45) is -4.18. The van der Waals surface area contributed by atoms with Crippen LogP contribution in [0, 0.1) is 22.1 Å². The molecule has 136 heavy (non-hydrogen) atoms. The van der Waals surface area contributed by atoms with Gasteiger partial charge in [0.25, 0.3) is 0 Å². The number of carboxylic acid groups (broad SMARTS) is 3. The van der Waals surface area contributed by atoms with E-state index in [2.05, 4.69) is 101 Å². The van der Waals surface area contributed by atoms with Crippen LogP contribution in [0.3, 0.4) is 0 Å². The van der Waals surface area contributed by atoms with Gasteiger partial charge in [-0.1, -0.05) is 44.2 Å². The molecule has 4 rings (SSSR count). The number of fused-ring (bicyclic) bond motifs is 5. The lowest BCUT2D eigenvalue weighted by Gasteiger charge is -2.29. The number of aliphatic hydroxyl groups is 2. The highest BCUT2D eigenvalue weighted by molar-refractivity contribution is 7.99. The first kappa shape index (κ1) is 115. The molecule has 0 aliphatic carbocycles. The minimum absolute atomic E-state index is 0.00516. The molecule has 0 radical (unpaired) electrons. The number of thioether (sulfide) groups is 3. The number of phenolic OH excluding ortho intramolecular Hbond substituents is 1. The van der Waals surface area contributed by atoms with E-state index in [4.69, 9.17) is 44.9 Å². The van der Waals surface area contributed by atoms with Gasteiger partial charge in [0, 0.05) is 67.0 Å². The van der Waals surface area contributed by atoms with Crippen molar-refractivity contribution in [1.29, 1.82) is 16.2 Å². The fourth-order valence-corrected chi connectivity index (χ4v) is 16.1. The summed E-state index contributed by atoms with van der Waals surface area (Å²) in [4.78, 5) is 269. The molecule has 2 aliphatic rings. The summed E-state index contributed by atoms with van der Waals surface area (Å²) in [7, 11) is 0. The van der Waals surface area contributed by atoms with Gasteiger partial charge in [-0.2, -0.15) is 35.3 Å². The van der Waals surface area contributed by atoms with Crippen LogP contribution >= 0.6 is 35.3 Å². The maximum absolute atomic E-state index is 15.3. The van der Waals surface area contributed by atoms with Crippen LogP contribution in [-0.4, -0.2) is 321 Å². The molecule has 52 nitrogen and oxygen atoms in total. The maximum atomic E-state index is 15.3. The Hall–Kier alpha value is -13.1. The minimum Gasteiger partial charge on any atom is -0.508 e. The van der Waals surface area contributed by atoms with Crippen molar-refractivity contribution in [1.82, 2.24) is 101 Å². The highest BCUT2D eigenvalue weighted by Gasteiger charge is 2.40. The van der Waals surface area contributed by atoms with E-state index in [0.717, 1.165) is 35.3 Å². The Morgan fingerprint density at radius 2 is 0.882 bits per heavy atom. The fraction of sp³-hybridized carbons (Fsp3) is 0.580. The van der Waals surface area contributed by atoms with Crippen molar-refractivity contribution in [3.05, 3.63) is 64.7 Å². The number of carbonyl (C=O) groups excluding carboxylic acids is 16. The molecule has 55 heteroatoms. The lowest BCUT2D eigenvalue weighted by atomic mass is 10.0. The van der Waals surface area contributed by atoms with Gasteiger partial charge in [0.15, 0.2) is 17.9 Å². The molecule has 38 N–H and O–H groups in total. The molecule has 2 aromatic rings. The number of amides is 16. The smallest absolute Gasteiger partial charge is 0.322 e. The van der Waals surface area contributed by atoms with Crippen LogP contribution in [0.2, 0.25) is 0 Å². The van der Waals surface area contributed by atoms with Crippen molar-refractivity contribution in [2.75, 3.05) is 69.7 Å². The highest BCUT2D eigenvalue weighted by Crippen LogP contribution is 2.26. The van der Waals surface area contributed by atoms with Gasteiger partial charge in [0.05, 0.1) is 32.2 Å². The van der Waals surface area contributed by atoms with Crippen LogP contribution in [0.5, 0.6) is 5.75 Å². The van der Waals surface area contributed by atoms with E-state index in [1.807, 2.05) is 0 Å². The Balaban J connectivity index is 2.10. The lowest BCUT2D eigenvalue weighted by Crippen LogP contribution is -2.62. The number of nitrogens with one attached hydrogen (secondary N) is 22. The van der Waals surface area contributed by atoms with E-state index >= 15 is 9.59 Å². The average molecular weight is 1980 g/mol. The third-order valence-electron chi connectivity index (χ3n) is 20.3. The second kappa shape index (κ2) is 60.3. The Labute approximate surface area is 794 Å². The topological polar surface area (TPSA) is 876 Å². The summed E-state index contributed by atoms with van der Waals surface area (Å²) >= 11 is 2.88. The second-order valence-corrected chi connectivity index (χ2v) is 35.2.